The van der Waals surface area contributed by atoms with Gasteiger partial charge in [0.2, 0.25) is 5.76 Å². The Morgan fingerprint density at radius 1 is 0.844 bits per heavy atom. The number of rotatable bonds is 2. The average molecular weight is 453 g/mol. The summed E-state index contributed by atoms with van der Waals surface area (Å²) < 4.78 is 86.5. The maximum Gasteiger partial charge on any atom is 0.417 e. The molecule has 2 aromatic heterocycles. The zero-order valence-electron chi connectivity index (χ0n) is 17.1. The third kappa shape index (κ3) is 3.96. The Balaban J connectivity index is 1.86. The average Bonchev–Trinajstić information content (AvgIpc) is 3.32. The van der Waals surface area contributed by atoms with Crippen LogP contribution >= 0.6 is 0 Å². The molecule has 0 radical (unpaired) electrons. The lowest BCUT2D eigenvalue weighted by Crippen LogP contribution is -2.14. The predicted molar refractivity (Wildman–Crippen MR) is 106 cm³/mol. The highest BCUT2D eigenvalue weighted by Gasteiger charge is 2.41. The molecule has 2 heterocycles. The highest BCUT2D eigenvalue weighted by molar-refractivity contribution is 5.86. The fourth-order valence-electron chi connectivity index (χ4n) is 3.36. The van der Waals surface area contributed by atoms with E-state index in [1.165, 1.54) is 18.2 Å². The monoisotopic (exact) mass is 453 g/mol. The largest absolute Gasteiger partial charge is 0.417 e. The molecule has 4 aromatic rings. The molecule has 1 N–H and O–H groups in total. The molecule has 0 fully saturated rings. The normalized spacial score (nSPS) is 13.2. The Morgan fingerprint density at radius 2 is 1.47 bits per heavy atom. The van der Waals surface area contributed by atoms with Crippen molar-refractivity contribution < 1.29 is 30.9 Å². The zero-order chi connectivity index (χ0) is 23.5. The second kappa shape index (κ2) is 7.11. The van der Waals surface area contributed by atoms with E-state index in [1.807, 2.05) is 20.8 Å². The van der Waals surface area contributed by atoms with Gasteiger partial charge in [-0.05, 0) is 29.8 Å². The van der Waals surface area contributed by atoms with Gasteiger partial charge >= 0.3 is 12.4 Å². The van der Waals surface area contributed by atoms with Gasteiger partial charge < -0.3 is 9.51 Å². The minimum atomic E-state index is -4.96. The number of H-pyrrole nitrogens is 1. The Bertz CT molecular complexity index is 1260. The molecule has 0 aliphatic heterocycles. The van der Waals surface area contributed by atoms with Crippen LogP contribution in [0.15, 0.2) is 47.0 Å². The van der Waals surface area contributed by atoms with Crippen LogP contribution in [0, 0.1) is 0 Å². The van der Waals surface area contributed by atoms with E-state index < -0.39 is 29.0 Å². The Morgan fingerprint density at radius 3 is 2.00 bits per heavy atom. The number of halogens is 6. The number of imidazole rings is 1. The molecule has 0 aliphatic rings. The molecule has 4 nitrogen and oxygen atoms in total. The molecule has 0 unspecified atom stereocenters. The lowest BCUT2D eigenvalue weighted by molar-refractivity contribution is -0.142. The fourth-order valence-corrected chi connectivity index (χ4v) is 3.36. The summed E-state index contributed by atoms with van der Waals surface area (Å²) >= 11 is 0. The summed E-state index contributed by atoms with van der Waals surface area (Å²) in [4.78, 5) is 7.22. The van der Waals surface area contributed by atoms with Crippen LogP contribution in [0.5, 0.6) is 0 Å². The van der Waals surface area contributed by atoms with Gasteiger partial charge in [0.05, 0.1) is 27.9 Å². The Kier molecular flexibility index (Phi) is 4.87. The van der Waals surface area contributed by atoms with E-state index in [0.717, 1.165) is 6.07 Å². The highest BCUT2D eigenvalue weighted by Crippen LogP contribution is 2.44. The lowest BCUT2D eigenvalue weighted by Gasteiger charge is -2.18. The molecule has 4 rings (SSSR count). The van der Waals surface area contributed by atoms with Gasteiger partial charge in [0.1, 0.15) is 0 Å². The topological polar surface area (TPSA) is 54.7 Å². The molecular formula is C22H17F6N3O. The van der Waals surface area contributed by atoms with E-state index in [1.54, 1.807) is 6.07 Å². The Labute approximate surface area is 178 Å². The number of alkyl halides is 6. The molecule has 32 heavy (non-hydrogen) atoms. The van der Waals surface area contributed by atoms with Crippen LogP contribution in [-0.4, -0.2) is 15.1 Å². The van der Waals surface area contributed by atoms with E-state index >= 15 is 0 Å². The first-order chi connectivity index (χ1) is 14.7. The molecule has 2 aromatic carbocycles. The first-order valence-electron chi connectivity index (χ1n) is 9.50. The van der Waals surface area contributed by atoms with E-state index in [-0.39, 0.29) is 22.3 Å². The van der Waals surface area contributed by atoms with Crippen molar-refractivity contribution in [2.24, 2.45) is 0 Å². The molecule has 10 heteroatoms. The summed E-state index contributed by atoms with van der Waals surface area (Å²) in [7, 11) is 0. The van der Waals surface area contributed by atoms with Crippen molar-refractivity contribution in [3.8, 4) is 22.7 Å². The summed E-state index contributed by atoms with van der Waals surface area (Å²) in [6.07, 6.45) is -9.93. The first kappa shape index (κ1) is 21.9. The van der Waals surface area contributed by atoms with Crippen molar-refractivity contribution in [3.05, 3.63) is 59.3 Å². The number of fused-ring (bicyclic) bond motifs is 1. The van der Waals surface area contributed by atoms with Crippen LogP contribution in [-0.2, 0) is 17.8 Å². The van der Waals surface area contributed by atoms with Crippen molar-refractivity contribution in [2.75, 3.05) is 0 Å². The van der Waals surface area contributed by atoms with Crippen LogP contribution in [0.1, 0.15) is 37.6 Å². The van der Waals surface area contributed by atoms with E-state index in [4.69, 9.17) is 4.52 Å². The minimum absolute atomic E-state index is 0.235. The van der Waals surface area contributed by atoms with Gasteiger partial charge in [-0.3, -0.25) is 0 Å². The molecule has 0 saturated carbocycles. The summed E-state index contributed by atoms with van der Waals surface area (Å²) in [6, 6.07) is 7.46. The van der Waals surface area contributed by atoms with Crippen molar-refractivity contribution in [1.29, 1.82) is 0 Å². The van der Waals surface area contributed by atoms with Crippen molar-refractivity contribution in [1.82, 2.24) is 15.1 Å². The molecule has 0 atom stereocenters. The molecule has 0 saturated heterocycles. The van der Waals surface area contributed by atoms with Crippen molar-refractivity contribution in [3.63, 3.8) is 0 Å². The summed E-state index contributed by atoms with van der Waals surface area (Å²) in [5, 5.41) is 3.99. The second-order valence-corrected chi connectivity index (χ2v) is 8.37. The number of nitrogens with one attached hydrogen (secondary N) is 1. The standard InChI is InChI=1S/C22H17F6N3O/c1-20(2,3)17-10-16(32-31-17)19-29-14-8-7-11(9-15(14)30-19)18-12(21(23,24)25)5-4-6-13(18)22(26,27)28/h4-10H,1-3H3,(H,29,30). The predicted octanol–water partition coefficient (Wildman–Crippen LogP) is 7.22. The smallest absolute Gasteiger partial charge is 0.353 e. The SMILES string of the molecule is CC(C)(C)c1cc(-c2nc3ccc(-c4c(C(F)(F)F)cccc4C(F)(F)F)cc3[nH]2)on1. The van der Waals surface area contributed by atoms with Gasteiger partial charge in [-0.15, -0.1) is 0 Å². The molecular weight excluding hydrogens is 436 g/mol. The summed E-state index contributed by atoms with van der Waals surface area (Å²) in [6.45, 7) is 5.82. The van der Waals surface area contributed by atoms with Gasteiger partial charge in [-0.2, -0.15) is 26.3 Å². The van der Waals surface area contributed by atoms with Crippen molar-refractivity contribution in [2.45, 2.75) is 38.5 Å². The summed E-state index contributed by atoms with van der Waals surface area (Å²) in [5.41, 5.74) is -2.89. The van der Waals surface area contributed by atoms with Gasteiger partial charge in [0.15, 0.2) is 5.82 Å². The van der Waals surface area contributed by atoms with Crippen LogP contribution in [0.2, 0.25) is 0 Å². The maximum atomic E-state index is 13.5. The van der Waals surface area contributed by atoms with Gasteiger partial charge in [0.25, 0.3) is 0 Å². The van der Waals surface area contributed by atoms with E-state index in [9.17, 15) is 26.3 Å². The molecule has 168 valence electrons. The second-order valence-electron chi connectivity index (χ2n) is 8.37. The van der Waals surface area contributed by atoms with Crippen LogP contribution in [0.25, 0.3) is 33.7 Å². The molecule has 0 spiro atoms. The summed E-state index contributed by atoms with van der Waals surface area (Å²) in [5.74, 6) is 0.569. The van der Waals surface area contributed by atoms with Crippen LogP contribution in [0.3, 0.4) is 0 Å². The van der Waals surface area contributed by atoms with Crippen LogP contribution < -0.4 is 0 Å². The number of hydrogen-bond acceptors (Lipinski definition) is 3. The lowest BCUT2D eigenvalue weighted by atomic mass is 9.92. The zero-order valence-corrected chi connectivity index (χ0v) is 17.1. The Hall–Kier alpha value is -3.30. The molecule has 0 amide bonds. The van der Waals surface area contributed by atoms with Gasteiger partial charge in [0, 0.05) is 17.0 Å². The molecule has 0 bridgehead atoms. The van der Waals surface area contributed by atoms with Crippen LogP contribution in [0.4, 0.5) is 26.3 Å². The van der Waals surface area contributed by atoms with Gasteiger partial charge in [-0.1, -0.05) is 38.1 Å². The number of hydrogen-bond donors (Lipinski definition) is 1. The highest BCUT2D eigenvalue weighted by atomic mass is 19.4. The van der Waals surface area contributed by atoms with Crippen molar-refractivity contribution >= 4 is 11.0 Å². The number of nitrogens with zero attached hydrogens (tertiary/aromatic N) is 2. The third-order valence-electron chi connectivity index (χ3n) is 4.96. The fraction of sp³-hybridized carbons (Fsp3) is 0.273. The number of aromatic amines is 1. The van der Waals surface area contributed by atoms with E-state index in [2.05, 4.69) is 15.1 Å². The molecule has 0 aliphatic carbocycles. The minimum Gasteiger partial charge on any atom is -0.353 e. The first-order valence-corrected chi connectivity index (χ1v) is 9.50. The third-order valence-corrected chi connectivity index (χ3v) is 4.96. The maximum absolute atomic E-state index is 13.5. The number of benzene rings is 2. The van der Waals surface area contributed by atoms with E-state index in [0.29, 0.717) is 29.1 Å². The number of aromatic nitrogens is 3. The quantitative estimate of drug-likeness (QED) is 0.326. The van der Waals surface area contributed by atoms with Gasteiger partial charge in [-0.25, -0.2) is 4.98 Å².